The number of halogens is 1. The highest BCUT2D eigenvalue weighted by Crippen LogP contribution is 2.26. The fourth-order valence-electron chi connectivity index (χ4n) is 1.92. The molecule has 0 fully saturated rings. The van der Waals surface area contributed by atoms with E-state index in [2.05, 4.69) is 4.98 Å². The maximum atomic E-state index is 5.90. The van der Waals surface area contributed by atoms with Crippen molar-refractivity contribution >= 4 is 23.1 Å². The minimum Gasteiger partial charge on any atom is -0.497 e. The second-order valence-corrected chi connectivity index (χ2v) is 4.64. The van der Waals surface area contributed by atoms with Crippen molar-refractivity contribution < 1.29 is 4.74 Å². The van der Waals surface area contributed by atoms with Gasteiger partial charge in [0.1, 0.15) is 11.6 Å². The van der Waals surface area contributed by atoms with Crippen molar-refractivity contribution in [3.63, 3.8) is 0 Å². The molecule has 0 bridgehead atoms. The van der Waals surface area contributed by atoms with Crippen molar-refractivity contribution in [2.45, 2.75) is 12.8 Å². The van der Waals surface area contributed by atoms with Gasteiger partial charge in [-0.2, -0.15) is 0 Å². The molecule has 4 heteroatoms. The van der Waals surface area contributed by atoms with Gasteiger partial charge >= 0.3 is 0 Å². The van der Waals surface area contributed by atoms with E-state index in [1.807, 2.05) is 55.3 Å². The lowest BCUT2D eigenvalue weighted by Crippen LogP contribution is -2.12. The van der Waals surface area contributed by atoms with Crippen molar-refractivity contribution in [1.29, 1.82) is 0 Å². The van der Waals surface area contributed by atoms with Crippen molar-refractivity contribution in [3.8, 4) is 5.75 Å². The monoisotopic (exact) mass is 276 g/mol. The van der Waals surface area contributed by atoms with Crippen LogP contribution in [0, 0.1) is 6.92 Å². The summed E-state index contributed by atoms with van der Waals surface area (Å²) in [7, 11) is 3.64. The number of pyridine rings is 1. The number of methoxy groups -OCH3 is 1. The number of hydrogen-bond donors (Lipinski definition) is 0. The minimum atomic E-state index is 0.488. The topological polar surface area (TPSA) is 25.4 Å². The van der Waals surface area contributed by atoms with E-state index in [0.29, 0.717) is 5.88 Å². The normalized spacial score (nSPS) is 10.3. The standard InChI is InChI=1S/C15H17ClN2O/c1-11-7-12(10-16)8-15(17-11)18(2)13-5-4-6-14(9-13)19-3/h4-9H,10H2,1-3H3. The molecule has 0 aliphatic rings. The summed E-state index contributed by atoms with van der Waals surface area (Å²) < 4.78 is 5.24. The van der Waals surface area contributed by atoms with E-state index in [0.717, 1.165) is 28.5 Å². The molecule has 0 saturated carbocycles. The van der Waals surface area contributed by atoms with Crippen LogP contribution in [0.5, 0.6) is 5.75 Å². The van der Waals surface area contributed by atoms with Crippen LogP contribution in [0.25, 0.3) is 0 Å². The molecule has 1 heterocycles. The highest BCUT2D eigenvalue weighted by atomic mass is 35.5. The van der Waals surface area contributed by atoms with Crippen LogP contribution in [-0.2, 0) is 5.88 Å². The summed E-state index contributed by atoms with van der Waals surface area (Å²) in [6.07, 6.45) is 0. The van der Waals surface area contributed by atoms with E-state index < -0.39 is 0 Å². The minimum absolute atomic E-state index is 0.488. The molecular formula is C15H17ClN2O. The first-order chi connectivity index (χ1) is 9.13. The maximum Gasteiger partial charge on any atom is 0.133 e. The molecule has 0 radical (unpaired) electrons. The molecule has 2 aromatic rings. The van der Waals surface area contributed by atoms with E-state index in [9.17, 15) is 0 Å². The van der Waals surface area contributed by atoms with Crippen LogP contribution < -0.4 is 9.64 Å². The van der Waals surface area contributed by atoms with Crippen molar-refractivity contribution in [2.75, 3.05) is 19.1 Å². The molecule has 0 aliphatic carbocycles. The van der Waals surface area contributed by atoms with Gasteiger partial charge in [0.25, 0.3) is 0 Å². The van der Waals surface area contributed by atoms with E-state index >= 15 is 0 Å². The lowest BCUT2D eigenvalue weighted by atomic mass is 10.2. The summed E-state index contributed by atoms with van der Waals surface area (Å²) in [6, 6.07) is 11.9. The SMILES string of the molecule is COc1cccc(N(C)c2cc(CCl)cc(C)n2)c1. The zero-order valence-electron chi connectivity index (χ0n) is 11.4. The fourth-order valence-corrected chi connectivity index (χ4v) is 2.08. The number of aromatic nitrogens is 1. The van der Waals surface area contributed by atoms with Gasteiger partial charge in [-0.05, 0) is 36.8 Å². The van der Waals surface area contributed by atoms with Crippen LogP contribution in [0.15, 0.2) is 36.4 Å². The lowest BCUT2D eigenvalue weighted by Gasteiger charge is -2.20. The summed E-state index contributed by atoms with van der Waals surface area (Å²) in [4.78, 5) is 6.56. The predicted molar refractivity (Wildman–Crippen MR) is 79.6 cm³/mol. The molecule has 0 spiro atoms. The average Bonchev–Trinajstić information content (AvgIpc) is 2.45. The second kappa shape index (κ2) is 5.93. The summed E-state index contributed by atoms with van der Waals surface area (Å²) >= 11 is 5.90. The van der Waals surface area contributed by atoms with Gasteiger partial charge in [-0.3, -0.25) is 0 Å². The number of anilines is 2. The molecule has 100 valence electrons. The number of aryl methyl sites for hydroxylation is 1. The fraction of sp³-hybridized carbons (Fsp3) is 0.267. The second-order valence-electron chi connectivity index (χ2n) is 4.37. The van der Waals surface area contributed by atoms with Crippen LogP contribution in [0.3, 0.4) is 0 Å². The van der Waals surface area contributed by atoms with Gasteiger partial charge in [0.15, 0.2) is 0 Å². The van der Waals surface area contributed by atoms with Crippen LogP contribution in [0.2, 0.25) is 0 Å². The Morgan fingerprint density at radius 2 is 2.05 bits per heavy atom. The van der Waals surface area contributed by atoms with Gasteiger partial charge in [0.05, 0.1) is 7.11 Å². The van der Waals surface area contributed by atoms with E-state index in [4.69, 9.17) is 16.3 Å². The van der Waals surface area contributed by atoms with Gasteiger partial charge < -0.3 is 9.64 Å². The number of nitrogens with zero attached hydrogens (tertiary/aromatic N) is 2. The Morgan fingerprint density at radius 3 is 2.74 bits per heavy atom. The number of ether oxygens (including phenoxy) is 1. The molecule has 0 unspecified atom stereocenters. The number of rotatable bonds is 4. The molecule has 1 aromatic heterocycles. The first kappa shape index (κ1) is 13.7. The summed E-state index contributed by atoms with van der Waals surface area (Å²) in [5.74, 6) is 2.20. The average molecular weight is 277 g/mol. The molecule has 3 nitrogen and oxygen atoms in total. The summed E-state index contributed by atoms with van der Waals surface area (Å²) in [5, 5.41) is 0. The van der Waals surface area contributed by atoms with E-state index in [-0.39, 0.29) is 0 Å². The molecule has 19 heavy (non-hydrogen) atoms. The molecule has 2 rings (SSSR count). The zero-order valence-corrected chi connectivity index (χ0v) is 12.1. The first-order valence-corrected chi connectivity index (χ1v) is 6.59. The van der Waals surface area contributed by atoms with Crippen LogP contribution in [0.4, 0.5) is 11.5 Å². The Bertz CT molecular complexity index is 572. The lowest BCUT2D eigenvalue weighted by molar-refractivity contribution is 0.415. The largest absolute Gasteiger partial charge is 0.497 e. The molecule has 0 atom stereocenters. The summed E-state index contributed by atoms with van der Waals surface area (Å²) in [6.45, 7) is 1.97. The zero-order chi connectivity index (χ0) is 13.8. The predicted octanol–water partition coefficient (Wildman–Crippen LogP) is 3.91. The van der Waals surface area contributed by atoms with Gasteiger partial charge in [0.2, 0.25) is 0 Å². The van der Waals surface area contributed by atoms with Gasteiger partial charge in [-0.1, -0.05) is 6.07 Å². The quantitative estimate of drug-likeness (QED) is 0.792. The Labute approximate surface area is 118 Å². The highest BCUT2D eigenvalue weighted by molar-refractivity contribution is 6.17. The first-order valence-electron chi connectivity index (χ1n) is 6.05. The Hall–Kier alpha value is -1.74. The number of benzene rings is 1. The van der Waals surface area contributed by atoms with Gasteiger partial charge in [-0.15, -0.1) is 11.6 Å². The van der Waals surface area contributed by atoms with E-state index in [1.165, 1.54) is 0 Å². The molecule has 1 aromatic carbocycles. The Kier molecular flexibility index (Phi) is 4.27. The summed E-state index contributed by atoms with van der Waals surface area (Å²) in [5.41, 5.74) is 3.06. The van der Waals surface area contributed by atoms with Crippen molar-refractivity contribution in [2.24, 2.45) is 0 Å². The van der Waals surface area contributed by atoms with Crippen LogP contribution in [-0.4, -0.2) is 19.1 Å². The molecule has 0 saturated heterocycles. The van der Waals surface area contributed by atoms with Gasteiger partial charge in [0, 0.05) is 30.4 Å². The molecule has 0 amide bonds. The van der Waals surface area contributed by atoms with Crippen molar-refractivity contribution in [1.82, 2.24) is 4.98 Å². The van der Waals surface area contributed by atoms with Crippen molar-refractivity contribution in [3.05, 3.63) is 47.7 Å². The van der Waals surface area contributed by atoms with Gasteiger partial charge in [-0.25, -0.2) is 4.98 Å². The smallest absolute Gasteiger partial charge is 0.133 e. The Balaban J connectivity index is 2.37. The molecule has 0 aliphatic heterocycles. The van der Waals surface area contributed by atoms with Crippen LogP contribution in [0.1, 0.15) is 11.3 Å². The number of alkyl halides is 1. The Morgan fingerprint density at radius 1 is 1.26 bits per heavy atom. The third-order valence-electron chi connectivity index (χ3n) is 2.94. The molecular weight excluding hydrogens is 260 g/mol. The third kappa shape index (κ3) is 3.18. The molecule has 0 N–H and O–H groups in total. The highest BCUT2D eigenvalue weighted by Gasteiger charge is 2.08. The van der Waals surface area contributed by atoms with E-state index in [1.54, 1.807) is 7.11 Å². The maximum absolute atomic E-state index is 5.90. The third-order valence-corrected chi connectivity index (χ3v) is 3.25. The number of hydrogen-bond acceptors (Lipinski definition) is 3. The van der Waals surface area contributed by atoms with Crippen LogP contribution >= 0.6 is 11.6 Å².